The molecule has 1 amide bonds. The van der Waals surface area contributed by atoms with Gasteiger partial charge in [0.05, 0.1) is 0 Å². The van der Waals surface area contributed by atoms with Gasteiger partial charge in [-0.3, -0.25) is 0 Å². The summed E-state index contributed by atoms with van der Waals surface area (Å²) in [6.07, 6.45) is 1.58. The monoisotopic (exact) mass is 191 g/mol. The van der Waals surface area contributed by atoms with Gasteiger partial charge in [-0.05, 0) is 0 Å². The number of carbonyl (C=O) groups excluding carboxylic acids is 1. The molecule has 0 unspecified atom stereocenters. The van der Waals surface area contributed by atoms with E-state index in [0.717, 1.165) is 6.42 Å². The molecule has 0 heterocycles. The number of hydrogen-bond acceptors (Lipinski definition) is 1. The van der Waals surface area contributed by atoms with Gasteiger partial charge in [-0.15, -0.1) is 0 Å². The average molecular weight is 191 g/mol. The van der Waals surface area contributed by atoms with Gasteiger partial charge in [0.15, 0.2) is 0 Å². The van der Waals surface area contributed by atoms with Crippen LogP contribution in [0.4, 0.5) is 0 Å². The summed E-state index contributed by atoms with van der Waals surface area (Å²) in [5.41, 5.74) is 9.53. The Morgan fingerprint density at radius 2 is 2.11 bits per heavy atom. The molecule has 2 N–H and O–H groups in total. The van der Waals surface area contributed by atoms with E-state index in [2.05, 4.69) is 11.4 Å². The van der Waals surface area contributed by atoms with Crippen LogP contribution in [-0.4, -0.2) is 20.6 Å². The molecule has 9 heavy (non-hydrogen) atoms. The summed E-state index contributed by atoms with van der Waals surface area (Å²) in [5.74, 6) is -0.161. The standard InChI is InChI=1S/C6H14AsNO/c1-7(2)5-3-4-6(8)9/h3-5H2,1-2H3,(H2,8,9). The van der Waals surface area contributed by atoms with E-state index >= 15 is 0 Å². The first-order chi connectivity index (χ1) is 4.13. The zero-order valence-electron chi connectivity index (χ0n) is 6.05. The molecular formula is C6H14AsNO. The van der Waals surface area contributed by atoms with Gasteiger partial charge in [-0.25, -0.2) is 0 Å². The van der Waals surface area contributed by atoms with Crippen molar-refractivity contribution in [3.63, 3.8) is 0 Å². The van der Waals surface area contributed by atoms with Crippen LogP contribution >= 0.6 is 0 Å². The molecule has 0 saturated carbocycles. The predicted molar refractivity (Wildman–Crippen MR) is 40.7 cm³/mol. The fourth-order valence-corrected chi connectivity index (χ4v) is 2.23. The first-order valence-corrected chi connectivity index (χ1v) is 8.14. The van der Waals surface area contributed by atoms with Crippen molar-refractivity contribution in [1.82, 2.24) is 0 Å². The third kappa shape index (κ3) is 8.03. The molecule has 0 bridgehead atoms. The fourth-order valence-electron chi connectivity index (χ4n) is 0.570. The fraction of sp³-hybridized carbons (Fsp3) is 0.833. The van der Waals surface area contributed by atoms with Crippen molar-refractivity contribution >= 4 is 20.6 Å². The van der Waals surface area contributed by atoms with Crippen LogP contribution < -0.4 is 5.73 Å². The summed E-state index contributed by atoms with van der Waals surface area (Å²) in [6, 6.07) is 0. The van der Waals surface area contributed by atoms with E-state index in [0.29, 0.717) is 6.42 Å². The predicted octanol–water partition coefficient (Wildman–Crippen LogP) is 1.01. The van der Waals surface area contributed by atoms with E-state index in [1.54, 1.807) is 0 Å². The SMILES string of the molecule is C[As](C)CCCC(N)=O. The first-order valence-electron chi connectivity index (χ1n) is 3.06. The number of amides is 1. The van der Waals surface area contributed by atoms with Crippen LogP contribution in [0.1, 0.15) is 12.8 Å². The molecule has 0 aromatic carbocycles. The Hall–Kier alpha value is 0.0284. The second kappa shape index (κ2) is 4.87. The van der Waals surface area contributed by atoms with Crippen LogP contribution in [0, 0.1) is 0 Å². The van der Waals surface area contributed by atoms with E-state index in [-0.39, 0.29) is 5.91 Å². The Morgan fingerprint density at radius 1 is 1.56 bits per heavy atom. The summed E-state index contributed by atoms with van der Waals surface area (Å²) in [7, 11) is 0. The quantitative estimate of drug-likeness (QED) is 0.662. The van der Waals surface area contributed by atoms with Gasteiger partial charge in [0.2, 0.25) is 0 Å². The van der Waals surface area contributed by atoms with Crippen LogP contribution in [-0.2, 0) is 4.79 Å². The van der Waals surface area contributed by atoms with Crippen molar-refractivity contribution in [3.05, 3.63) is 0 Å². The van der Waals surface area contributed by atoms with Crippen LogP contribution in [0.2, 0.25) is 16.6 Å². The van der Waals surface area contributed by atoms with Gasteiger partial charge in [0.1, 0.15) is 0 Å². The summed E-state index contributed by atoms with van der Waals surface area (Å²) < 4.78 is 0. The number of hydrogen-bond donors (Lipinski definition) is 1. The van der Waals surface area contributed by atoms with Crippen molar-refractivity contribution in [3.8, 4) is 0 Å². The number of rotatable bonds is 4. The van der Waals surface area contributed by atoms with E-state index < -0.39 is 14.7 Å². The average Bonchev–Trinajstić information content (AvgIpc) is 1.63. The zero-order chi connectivity index (χ0) is 7.28. The molecule has 0 spiro atoms. The topological polar surface area (TPSA) is 43.1 Å². The summed E-state index contributed by atoms with van der Waals surface area (Å²) in [4.78, 5) is 10.2. The molecule has 0 aromatic heterocycles. The van der Waals surface area contributed by atoms with Crippen molar-refractivity contribution in [2.45, 2.75) is 29.5 Å². The maximum atomic E-state index is 10.2. The molecule has 3 heteroatoms. The Kier molecular flexibility index (Phi) is 4.88. The molecule has 0 atom stereocenters. The number of carbonyl (C=O) groups is 1. The summed E-state index contributed by atoms with van der Waals surface area (Å²) >= 11 is -0.493. The molecule has 0 rings (SSSR count). The summed E-state index contributed by atoms with van der Waals surface area (Å²) in [5, 5.41) is 1.25. The van der Waals surface area contributed by atoms with Gasteiger partial charge in [0.25, 0.3) is 0 Å². The third-order valence-corrected chi connectivity index (χ3v) is 3.57. The van der Waals surface area contributed by atoms with Crippen molar-refractivity contribution in [2.75, 3.05) is 0 Å². The number of nitrogens with two attached hydrogens (primary N) is 1. The van der Waals surface area contributed by atoms with E-state index in [1.165, 1.54) is 5.21 Å². The molecule has 0 saturated heterocycles. The maximum absolute atomic E-state index is 10.2. The minimum absolute atomic E-state index is 0.161. The number of primary amides is 1. The van der Waals surface area contributed by atoms with Crippen molar-refractivity contribution in [1.29, 1.82) is 0 Å². The Bertz CT molecular complexity index is 93.1. The van der Waals surface area contributed by atoms with Gasteiger partial charge >= 0.3 is 60.6 Å². The molecule has 2 nitrogen and oxygen atoms in total. The molecule has 0 aromatic rings. The van der Waals surface area contributed by atoms with Gasteiger partial charge in [-0.1, -0.05) is 0 Å². The van der Waals surface area contributed by atoms with Crippen LogP contribution in [0.5, 0.6) is 0 Å². The van der Waals surface area contributed by atoms with Crippen molar-refractivity contribution in [2.24, 2.45) is 5.73 Å². The second-order valence-corrected chi connectivity index (χ2v) is 7.84. The first kappa shape index (κ1) is 9.03. The van der Waals surface area contributed by atoms with Gasteiger partial charge in [0, 0.05) is 0 Å². The van der Waals surface area contributed by atoms with E-state index in [1.807, 2.05) is 0 Å². The molecule has 54 valence electrons. The Labute approximate surface area is 61.1 Å². The van der Waals surface area contributed by atoms with Crippen LogP contribution in [0.3, 0.4) is 0 Å². The van der Waals surface area contributed by atoms with Gasteiger partial charge in [-0.2, -0.15) is 0 Å². The molecule has 0 aliphatic heterocycles. The van der Waals surface area contributed by atoms with Gasteiger partial charge < -0.3 is 0 Å². The normalized spacial score (nSPS) is 10.1. The molecule has 0 aliphatic carbocycles. The van der Waals surface area contributed by atoms with Crippen LogP contribution in [0.25, 0.3) is 0 Å². The Morgan fingerprint density at radius 3 is 2.44 bits per heavy atom. The van der Waals surface area contributed by atoms with E-state index in [9.17, 15) is 4.79 Å². The van der Waals surface area contributed by atoms with Crippen LogP contribution in [0.15, 0.2) is 0 Å². The minimum atomic E-state index is -0.493. The molecule has 0 aliphatic rings. The molecule has 0 radical (unpaired) electrons. The third-order valence-electron chi connectivity index (χ3n) is 1.03. The molecular weight excluding hydrogens is 177 g/mol. The molecule has 0 fully saturated rings. The van der Waals surface area contributed by atoms with Crippen molar-refractivity contribution < 1.29 is 4.79 Å². The second-order valence-electron chi connectivity index (χ2n) is 2.37. The van der Waals surface area contributed by atoms with E-state index in [4.69, 9.17) is 5.73 Å². The summed E-state index contributed by atoms with van der Waals surface area (Å²) in [6.45, 7) is 0. The Balaban J connectivity index is 3.01. The zero-order valence-corrected chi connectivity index (χ0v) is 7.93.